The smallest absolute Gasteiger partial charge is 0.268 e. The van der Waals surface area contributed by atoms with E-state index in [1.807, 2.05) is 43.3 Å². The monoisotopic (exact) mass is 451 g/mol. The fraction of sp³-hybridized carbons (Fsp3) is 0.273. The van der Waals surface area contributed by atoms with E-state index in [1.165, 1.54) is 41.2 Å². The maximum Gasteiger partial charge on any atom is 0.268 e. The fourth-order valence-electron chi connectivity index (χ4n) is 3.12. The number of anilines is 2. The van der Waals surface area contributed by atoms with Crippen molar-refractivity contribution in [2.45, 2.75) is 36.2 Å². The van der Waals surface area contributed by atoms with Crippen LogP contribution < -0.4 is 10.2 Å². The quantitative estimate of drug-likeness (QED) is 0.410. The second-order valence-corrected chi connectivity index (χ2v) is 9.17. The average Bonchev–Trinajstić information content (AvgIpc) is 3.44. The molecule has 1 fully saturated rings. The molecule has 0 atom stereocenters. The molecule has 3 aromatic rings. The number of hydrogen-bond donors (Lipinski definition) is 1. The average molecular weight is 452 g/mol. The third-order valence-corrected chi connectivity index (χ3v) is 6.58. The third kappa shape index (κ3) is 5.54. The van der Waals surface area contributed by atoms with Crippen molar-refractivity contribution in [2.24, 2.45) is 0 Å². The fourth-order valence-corrected chi connectivity index (χ4v) is 4.69. The maximum absolute atomic E-state index is 12.5. The number of aryl methyl sites for hydroxylation is 1. The third-order valence-electron chi connectivity index (χ3n) is 4.75. The Hall–Kier alpha value is -3.09. The minimum absolute atomic E-state index is 0.0593. The molecule has 1 aliphatic rings. The zero-order valence-corrected chi connectivity index (χ0v) is 18.6. The number of nitrogens with zero attached hydrogens (tertiary/aromatic N) is 4. The number of amides is 1. The van der Waals surface area contributed by atoms with Crippen molar-refractivity contribution in [3.05, 3.63) is 53.3 Å². The molecular weight excluding hydrogens is 430 g/mol. The molecule has 0 bridgehead atoms. The number of carbonyl (C=O) groups excluding carboxylic acids is 1. The summed E-state index contributed by atoms with van der Waals surface area (Å²) in [6.45, 7) is 3.94. The summed E-state index contributed by atoms with van der Waals surface area (Å²) in [5, 5.41) is 22.2. The highest BCUT2D eigenvalue weighted by Crippen LogP contribution is 2.30. The number of piperidine rings is 1. The lowest BCUT2D eigenvalue weighted by molar-refractivity contribution is -0.112. The minimum atomic E-state index is -0.534. The van der Waals surface area contributed by atoms with E-state index in [-0.39, 0.29) is 5.57 Å². The molecule has 4 rings (SSSR count). The van der Waals surface area contributed by atoms with Crippen molar-refractivity contribution in [2.75, 3.05) is 23.3 Å². The molecule has 0 saturated carbocycles. The van der Waals surface area contributed by atoms with Crippen LogP contribution in [0.5, 0.6) is 0 Å². The van der Waals surface area contributed by atoms with E-state index in [0.29, 0.717) is 16.0 Å². The van der Waals surface area contributed by atoms with Gasteiger partial charge in [0.25, 0.3) is 5.91 Å². The molecule has 31 heavy (non-hydrogen) atoms. The number of nitriles is 1. The number of rotatable bonds is 6. The van der Waals surface area contributed by atoms with Gasteiger partial charge in [-0.15, -0.1) is 10.2 Å². The van der Waals surface area contributed by atoms with Gasteiger partial charge in [-0.05, 0) is 50.5 Å². The predicted octanol–water partition coefficient (Wildman–Crippen LogP) is 5.13. The summed E-state index contributed by atoms with van der Waals surface area (Å²) in [6, 6.07) is 13.6. The lowest BCUT2D eigenvalue weighted by Gasteiger charge is -2.25. The number of carbonyl (C=O) groups is 1. The molecule has 3 heterocycles. The highest BCUT2D eigenvalue weighted by atomic mass is 32.2. The van der Waals surface area contributed by atoms with Crippen molar-refractivity contribution in [1.82, 2.24) is 10.2 Å². The summed E-state index contributed by atoms with van der Waals surface area (Å²) >= 11 is 2.80. The van der Waals surface area contributed by atoms with E-state index in [0.717, 1.165) is 36.0 Å². The molecule has 7 nitrogen and oxygen atoms in total. The highest BCUT2D eigenvalue weighted by molar-refractivity contribution is 7.99. The first-order valence-electron chi connectivity index (χ1n) is 9.97. The van der Waals surface area contributed by atoms with Crippen molar-refractivity contribution in [1.29, 1.82) is 5.26 Å². The van der Waals surface area contributed by atoms with E-state index < -0.39 is 5.91 Å². The first-order valence-corrected chi connectivity index (χ1v) is 11.6. The number of hydrogen-bond acceptors (Lipinski definition) is 8. The molecule has 1 saturated heterocycles. The Morgan fingerprint density at radius 2 is 1.97 bits per heavy atom. The van der Waals surface area contributed by atoms with Gasteiger partial charge in [-0.1, -0.05) is 40.8 Å². The van der Waals surface area contributed by atoms with Crippen LogP contribution >= 0.6 is 23.1 Å². The molecule has 158 valence electrons. The van der Waals surface area contributed by atoms with Gasteiger partial charge >= 0.3 is 0 Å². The van der Waals surface area contributed by atoms with E-state index in [4.69, 9.17) is 4.42 Å². The zero-order valence-electron chi connectivity index (χ0n) is 17.0. The molecule has 0 radical (unpaired) electrons. The molecule has 0 aliphatic carbocycles. The van der Waals surface area contributed by atoms with Crippen LogP contribution in [0.1, 0.15) is 30.6 Å². The van der Waals surface area contributed by atoms with Crippen molar-refractivity contribution in [3.8, 4) is 6.07 Å². The number of nitrogens with one attached hydrogen (secondary N) is 1. The number of aromatic nitrogens is 2. The molecule has 2 aromatic heterocycles. The minimum Gasteiger partial charge on any atom is -0.450 e. The number of furan rings is 1. The van der Waals surface area contributed by atoms with E-state index in [2.05, 4.69) is 20.4 Å². The van der Waals surface area contributed by atoms with E-state index in [1.54, 1.807) is 6.07 Å². The second kappa shape index (κ2) is 9.81. The summed E-state index contributed by atoms with van der Waals surface area (Å²) < 4.78 is 5.76. The van der Waals surface area contributed by atoms with Crippen LogP contribution in [0.15, 0.2) is 56.4 Å². The Kier molecular flexibility index (Phi) is 6.70. The van der Waals surface area contributed by atoms with Crippen LogP contribution in [-0.4, -0.2) is 29.2 Å². The highest BCUT2D eigenvalue weighted by Gasteiger charge is 2.18. The van der Waals surface area contributed by atoms with Gasteiger partial charge in [0.05, 0.1) is 0 Å². The first kappa shape index (κ1) is 21.2. The molecule has 1 aromatic carbocycles. The van der Waals surface area contributed by atoms with Gasteiger partial charge in [0, 0.05) is 24.1 Å². The Bertz CT molecular complexity index is 1120. The second-order valence-electron chi connectivity index (χ2n) is 7.13. The Balaban J connectivity index is 1.40. The lowest BCUT2D eigenvalue weighted by atomic mass is 10.1. The van der Waals surface area contributed by atoms with Gasteiger partial charge in [0.15, 0.2) is 5.09 Å². The maximum atomic E-state index is 12.5. The molecule has 0 spiro atoms. The molecule has 1 amide bonds. The number of benzene rings is 1. The standard InChI is InChI=1S/C22H21N5O2S2/c1-15-5-8-18(9-6-15)30-19-10-7-17(29-19)13-16(14-23)20(28)24-21-25-26-22(31-21)27-11-3-2-4-12-27/h5-10,13H,2-4,11-12H2,1H3,(H,24,25,28)/b16-13-. The largest absolute Gasteiger partial charge is 0.450 e. The van der Waals surface area contributed by atoms with Crippen LogP contribution in [0.25, 0.3) is 6.08 Å². The van der Waals surface area contributed by atoms with Crippen molar-refractivity contribution < 1.29 is 9.21 Å². The summed E-state index contributed by atoms with van der Waals surface area (Å²) in [5.41, 5.74) is 1.13. The topological polar surface area (TPSA) is 95.0 Å². The van der Waals surface area contributed by atoms with E-state index in [9.17, 15) is 10.1 Å². The van der Waals surface area contributed by atoms with Crippen molar-refractivity contribution >= 4 is 45.3 Å². The molecule has 1 aliphatic heterocycles. The molecule has 0 unspecified atom stereocenters. The molecular formula is C22H21N5O2S2. The molecule has 9 heteroatoms. The van der Waals surface area contributed by atoms with Gasteiger partial charge in [-0.3, -0.25) is 10.1 Å². The van der Waals surface area contributed by atoms with Crippen LogP contribution in [0.3, 0.4) is 0 Å². The van der Waals surface area contributed by atoms with Crippen molar-refractivity contribution in [3.63, 3.8) is 0 Å². The summed E-state index contributed by atoms with van der Waals surface area (Å²) in [6.07, 6.45) is 4.93. The zero-order chi connectivity index (χ0) is 21.6. The van der Waals surface area contributed by atoms with Gasteiger partial charge in [0.2, 0.25) is 10.3 Å². The normalized spacial score (nSPS) is 14.3. The Morgan fingerprint density at radius 3 is 2.71 bits per heavy atom. The van der Waals surface area contributed by atoms with Crippen LogP contribution in [-0.2, 0) is 4.79 Å². The summed E-state index contributed by atoms with van der Waals surface area (Å²) in [7, 11) is 0. The van der Waals surface area contributed by atoms with Gasteiger partial charge in [-0.2, -0.15) is 5.26 Å². The SMILES string of the molecule is Cc1ccc(Sc2ccc(/C=C(/C#N)C(=O)Nc3nnc(N4CCCCC4)s3)o2)cc1. The first-order chi connectivity index (χ1) is 15.1. The summed E-state index contributed by atoms with van der Waals surface area (Å²) in [4.78, 5) is 15.8. The predicted molar refractivity (Wildman–Crippen MR) is 122 cm³/mol. The Labute approximate surface area is 188 Å². The van der Waals surface area contributed by atoms with Gasteiger partial charge in [-0.25, -0.2) is 0 Å². The van der Waals surface area contributed by atoms with Gasteiger partial charge < -0.3 is 9.32 Å². The van der Waals surface area contributed by atoms with Crippen LogP contribution in [0.4, 0.5) is 10.3 Å². The van der Waals surface area contributed by atoms with Crippen LogP contribution in [0.2, 0.25) is 0 Å². The van der Waals surface area contributed by atoms with E-state index >= 15 is 0 Å². The lowest BCUT2D eigenvalue weighted by Crippen LogP contribution is -2.29. The Morgan fingerprint density at radius 1 is 1.19 bits per heavy atom. The summed E-state index contributed by atoms with van der Waals surface area (Å²) in [5.74, 6) is -0.0967. The van der Waals surface area contributed by atoms with Crippen LogP contribution in [0, 0.1) is 18.3 Å². The molecule has 1 N–H and O–H groups in total. The van der Waals surface area contributed by atoms with Gasteiger partial charge in [0.1, 0.15) is 17.4 Å².